The van der Waals surface area contributed by atoms with Gasteiger partial charge in [-0.15, -0.1) is 0 Å². The van der Waals surface area contributed by atoms with Crippen LogP contribution in [0.5, 0.6) is 11.5 Å². The van der Waals surface area contributed by atoms with Crippen LogP contribution in [-0.2, 0) is 4.79 Å². The third kappa shape index (κ3) is 5.31. The van der Waals surface area contributed by atoms with E-state index in [1.165, 1.54) is 19.2 Å². The summed E-state index contributed by atoms with van der Waals surface area (Å²) >= 11 is 0.823. The molecule has 0 bridgehead atoms. The van der Waals surface area contributed by atoms with E-state index in [1.54, 1.807) is 24.3 Å². The fraction of sp³-hybridized carbons (Fsp3) is 0.250. The smallest absolute Gasteiger partial charge is 0.293 e. The Kier molecular flexibility index (Phi) is 7.08. The summed E-state index contributed by atoms with van der Waals surface area (Å²) in [5, 5.41) is 7.91. The first-order valence-corrected chi connectivity index (χ1v) is 10.1. The van der Waals surface area contributed by atoms with Gasteiger partial charge in [-0.2, -0.15) is 5.10 Å². The van der Waals surface area contributed by atoms with Gasteiger partial charge in [0.05, 0.1) is 18.6 Å². The Hall–Kier alpha value is -3.60. The molecule has 0 radical (unpaired) electrons. The molecule has 0 saturated carbocycles. The van der Waals surface area contributed by atoms with Gasteiger partial charge in [0.2, 0.25) is 0 Å². The van der Waals surface area contributed by atoms with Gasteiger partial charge in [0, 0.05) is 19.2 Å². The number of imide groups is 1. The molecule has 1 saturated heterocycles. The molecular weight excluding hydrogens is 424 g/mol. The van der Waals surface area contributed by atoms with Crippen LogP contribution in [0.3, 0.4) is 0 Å². The molecule has 2 heterocycles. The van der Waals surface area contributed by atoms with Crippen LogP contribution < -0.4 is 20.3 Å². The van der Waals surface area contributed by atoms with Crippen LogP contribution in [0.25, 0.3) is 6.08 Å². The lowest BCUT2D eigenvalue weighted by atomic mass is 10.2. The van der Waals surface area contributed by atoms with Crippen molar-refractivity contribution in [3.63, 3.8) is 0 Å². The highest BCUT2D eigenvalue weighted by molar-refractivity contribution is 8.18. The molecule has 2 N–H and O–H groups in total. The Morgan fingerprint density at radius 1 is 1.23 bits per heavy atom. The molecule has 0 unspecified atom stereocenters. The molecule has 0 aliphatic carbocycles. The summed E-state index contributed by atoms with van der Waals surface area (Å²) in [6, 6.07) is 7.68. The van der Waals surface area contributed by atoms with Gasteiger partial charge < -0.3 is 14.8 Å². The van der Waals surface area contributed by atoms with Gasteiger partial charge in [-0.25, -0.2) is 5.10 Å². The van der Waals surface area contributed by atoms with Gasteiger partial charge in [-0.3, -0.25) is 24.1 Å². The number of carbonyl (C=O) groups excluding carboxylic acids is 3. The minimum Gasteiger partial charge on any atom is -0.493 e. The number of amides is 3. The standard InChI is InChI=1S/C20H20N4O6S/c1-3-30-14-6-4-12(10-15(14)29-2)11-16-19(27)24(20(28)31-16)9-8-21-18(26)13-5-7-17(25)23-22-13/h4-7,10-11H,3,8-9H2,1-2H3,(H,21,26)(H,23,25)/b16-11-. The number of carbonyl (C=O) groups is 3. The number of hydrogen-bond donors (Lipinski definition) is 2. The molecule has 1 aliphatic rings. The summed E-state index contributed by atoms with van der Waals surface area (Å²) in [5.74, 6) is 0.135. The van der Waals surface area contributed by atoms with E-state index in [-0.39, 0.29) is 23.7 Å². The van der Waals surface area contributed by atoms with E-state index in [1.807, 2.05) is 6.92 Å². The molecule has 31 heavy (non-hydrogen) atoms. The lowest BCUT2D eigenvalue weighted by Gasteiger charge is -2.12. The molecule has 1 fully saturated rings. The first kappa shape index (κ1) is 22.1. The molecule has 1 aromatic carbocycles. The van der Waals surface area contributed by atoms with Crippen molar-refractivity contribution in [2.75, 3.05) is 26.8 Å². The van der Waals surface area contributed by atoms with E-state index >= 15 is 0 Å². The third-order valence-corrected chi connectivity index (χ3v) is 5.10. The minimum atomic E-state index is -0.528. The molecule has 2 aromatic rings. The summed E-state index contributed by atoms with van der Waals surface area (Å²) in [6.07, 6.45) is 1.60. The van der Waals surface area contributed by atoms with Crippen molar-refractivity contribution in [3.05, 3.63) is 56.8 Å². The average Bonchev–Trinajstić information content (AvgIpc) is 3.02. The van der Waals surface area contributed by atoms with Gasteiger partial charge in [-0.1, -0.05) is 6.07 Å². The minimum absolute atomic E-state index is 0.00367. The number of rotatable bonds is 8. The first-order valence-electron chi connectivity index (χ1n) is 9.33. The van der Waals surface area contributed by atoms with Crippen LogP contribution in [0.4, 0.5) is 4.79 Å². The predicted octanol–water partition coefficient (Wildman–Crippen LogP) is 1.64. The van der Waals surface area contributed by atoms with Gasteiger partial charge in [0.15, 0.2) is 11.5 Å². The van der Waals surface area contributed by atoms with E-state index in [2.05, 4.69) is 15.5 Å². The van der Waals surface area contributed by atoms with Crippen molar-refractivity contribution in [1.29, 1.82) is 0 Å². The number of aromatic nitrogens is 2. The topological polar surface area (TPSA) is 131 Å². The second-order valence-corrected chi connectivity index (χ2v) is 7.23. The fourth-order valence-electron chi connectivity index (χ4n) is 2.74. The van der Waals surface area contributed by atoms with E-state index in [0.717, 1.165) is 16.7 Å². The molecule has 0 spiro atoms. The Morgan fingerprint density at radius 2 is 2.03 bits per heavy atom. The lowest BCUT2D eigenvalue weighted by Crippen LogP contribution is -2.37. The monoisotopic (exact) mass is 444 g/mol. The number of ether oxygens (including phenoxy) is 2. The SMILES string of the molecule is CCOc1ccc(/C=C2\SC(=O)N(CCNC(=O)c3ccc(=O)[nH]n3)C2=O)cc1OC. The number of nitrogens with one attached hydrogen (secondary N) is 2. The van der Waals surface area contributed by atoms with Crippen LogP contribution in [0, 0.1) is 0 Å². The molecule has 1 aromatic heterocycles. The number of nitrogens with zero attached hydrogens (tertiary/aromatic N) is 2. The zero-order valence-corrected chi connectivity index (χ0v) is 17.7. The molecule has 10 nitrogen and oxygen atoms in total. The van der Waals surface area contributed by atoms with Crippen molar-refractivity contribution >= 4 is 34.9 Å². The Bertz CT molecular complexity index is 1080. The fourth-order valence-corrected chi connectivity index (χ4v) is 3.60. The number of H-pyrrole nitrogens is 1. The number of thioether (sulfide) groups is 1. The summed E-state index contributed by atoms with van der Waals surface area (Å²) in [6.45, 7) is 2.40. The van der Waals surface area contributed by atoms with Crippen molar-refractivity contribution in [3.8, 4) is 11.5 Å². The predicted molar refractivity (Wildman–Crippen MR) is 114 cm³/mol. The van der Waals surface area contributed by atoms with Crippen LogP contribution in [-0.4, -0.2) is 59.0 Å². The lowest BCUT2D eigenvalue weighted by molar-refractivity contribution is -0.122. The molecule has 11 heteroatoms. The molecule has 0 atom stereocenters. The third-order valence-electron chi connectivity index (χ3n) is 4.19. The van der Waals surface area contributed by atoms with Gasteiger partial charge in [0.25, 0.3) is 22.6 Å². The number of methoxy groups -OCH3 is 1. The summed E-state index contributed by atoms with van der Waals surface area (Å²) in [5.41, 5.74) is 0.285. The number of aromatic amines is 1. The Balaban J connectivity index is 1.63. The highest BCUT2D eigenvalue weighted by atomic mass is 32.2. The highest BCUT2D eigenvalue weighted by Crippen LogP contribution is 2.34. The van der Waals surface area contributed by atoms with Gasteiger partial charge in [-0.05, 0) is 48.5 Å². The molecule has 3 rings (SSSR count). The number of hydrogen-bond acceptors (Lipinski definition) is 8. The molecular formula is C20H20N4O6S. The molecule has 1 aliphatic heterocycles. The molecule has 3 amide bonds. The van der Waals surface area contributed by atoms with Crippen molar-refractivity contribution < 1.29 is 23.9 Å². The van der Waals surface area contributed by atoms with Crippen LogP contribution >= 0.6 is 11.8 Å². The van der Waals surface area contributed by atoms with Crippen LogP contribution in [0.1, 0.15) is 23.0 Å². The Labute approximate surface area is 181 Å². The average molecular weight is 444 g/mol. The van der Waals surface area contributed by atoms with Crippen LogP contribution in [0.15, 0.2) is 40.0 Å². The summed E-state index contributed by atoms with van der Waals surface area (Å²) in [4.78, 5) is 49.2. The second-order valence-electron chi connectivity index (χ2n) is 6.24. The van der Waals surface area contributed by atoms with E-state index in [0.29, 0.717) is 23.7 Å². The van der Waals surface area contributed by atoms with Gasteiger partial charge in [0.1, 0.15) is 5.69 Å². The largest absolute Gasteiger partial charge is 0.493 e. The first-order chi connectivity index (χ1) is 14.9. The Morgan fingerprint density at radius 3 is 2.71 bits per heavy atom. The van der Waals surface area contributed by atoms with Crippen molar-refractivity contribution in [2.24, 2.45) is 0 Å². The maximum atomic E-state index is 12.6. The highest BCUT2D eigenvalue weighted by Gasteiger charge is 2.34. The normalized spacial score (nSPS) is 14.8. The van der Waals surface area contributed by atoms with E-state index in [9.17, 15) is 19.2 Å². The number of benzene rings is 1. The maximum absolute atomic E-state index is 12.6. The summed E-state index contributed by atoms with van der Waals surface area (Å²) in [7, 11) is 1.52. The van der Waals surface area contributed by atoms with Crippen molar-refractivity contribution in [1.82, 2.24) is 20.4 Å². The zero-order chi connectivity index (χ0) is 22.4. The zero-order valence-electron chi connectivity index (χ0n) is 16.8. The maximum Gasteiger partial charge on any atom is 0.293 e. The molecule has 162 valence electrons. The quantitative estimate of drug-likeness (QED) is 0.588. The van der Waals surface area contributed by atoms with Crippen LogP contribution in [0.2, 0.25) is 0 Å². The van der Waals surface area contributed by atoms with Gasteiger partial charge >= 0.3 is 0 Å². The van der Waals surface area contributed by atoms with Crippen molar-refractivity contribution in [2.45, 2.75) is 6.92 Å². The van der Waals surface area contributed by atoms with E-state index < -0.39 is 22.6 Å². The van der Waals surface area contributed by atoms with E-state index in [4.69, 9.17) is 9.47 Å². The second kappa shape index (κ2) is 9.94. The summed E-state index contributed by atoms with van der Waals surface area (Å²) < 4.78 is 10.8.